The molecule has 0 saturated carbocycles. The van der Waals surface area contributed by atoms with E-state index in [1.54, 1.807) is 23.1 Å². The summed E-state index contributed by atoms with van der Waals surface area (Å²) in [7, 11) is 0. The second-order valence-corrected chi connectivity index (χ2v) is 9.65. The summed E-state index contributed by atoms with van der Waals surface area (Å²) in [5.41, 5.74) is 2.70. The van der Waals surface area contributed by atoms with E-state index in [-0.39, 0.29) is 34.5 Å². The van der Waals surface area contributed by atoms with Gasteiger partial charge in [0, 0.05) is 31.4 Å². The lowest BCUT2D eigenvalue weighted by atomic mass is 9.97. The van der Waals surface area contributed by atoms with Gasteiger partial charge < -0.3 is 25.0 Å². The average molecular weight is 508 g/mol. The molecule has 10 nitrogen and oxygen atoms in total. The van der Waals surface area contributed by atoms with E-state index in [2.05, 4.69) is 20.8 Å². The highest BCUT2D eigenvalue weighted by atomic mass is 32.1. The first-order valence-corrected chi connectivity index (χ1v) is 12.5. The van der Waals surface area contributed by atoms with E-state index in [1.807, 2.05) is 31.2 Å². The number of nitrogens with one attached hydrogen (secondary N) is 2. The molecular weight excluding hydrogens is 482 g/mol. The first-order chi connectivity index (χ1) is 17.5. The lowest BCUT2D eigenvalue weighted by Crippen LogP contribution is -2.45. The van der Waals surface area contributed by atoms with Crippen LogP contribution in [0.3, 0.4) is 0 Å². The lowest BCUT2D eigenvalue weighted by Gasteiger charge is -2.31. The van der Waals surface area contributed by atoms with E-state index >= 15 is 0 Å². The molecule has 3 amide bonds. The van der Waals surface area contributed by atoms with Crippen LogP contribution in [0.1, 0.15) is 43.6 Å². The molecule has 5 rings (SSSR count). The Balaban J connectivity index is 1.17. The van der Waals surface area contributed by atoms with Crippen LogP contribution in [-0.2, 0) is 11.3 Å². The van der Waals surface area contributed by atoms with E-state index in [0.717, 1.165) is 22.5 Å². The van der Waals surface area contributed by atoms with Crippen molar-refractivity contribution < 1.29 is 23.9 Å². The Morgan fingerprint density at radius 2 is 1.89 bits per heavy atom. The van der Waals surface area contributed by atoms with Gasteiger partial charge in [-0.15, -0.1) is 10.2 Å². The summed E-state index contributed by atoms with van der Waals surface area (Å²) in [5.74, 6) is -0.0159. The molecule has 0 radical (unpaired) electrons. The first kappa shape index (κ1) is 23.7. The third-order valence-electron chi connectivity index (χ3n) is 6.23. The number of hydrogen-bond acceptors (Lipinski definition) is 8. The molecule has 0 spiro atoms. The Morgan fingerprint density at radius 3 is 2.75 bits per heavy atom. The number of likely N-dealkylation sites (tertiary alicyclic amines) is 1. The molecule has 186 valence electrons. The molecule has 1 atom stereocenters. The third kappa shape index (κ3) is 5.15. The van der Waals surface area contributed by atoms with Crippen LogP contribution in [0.5, 0.6) is 11.5 Å². The molecule has 1 saturated heterocycles. The van der Waals surface area contributed by atoms with Crippen molar-refractivity contribution in [3.05, 3.63) is 63.6 Å². The molecule has 2 aliphatic rings. The van der Waals surface area contributed by atoms with E-state index < -0.39 is 5.91 Å². The summed E-state index contributed by atoms with van der Waals surface area (Å²) in [4.78, 5) is 40.1. The molecule has 0 bridgehead atoms. The predicted octanol–water partition coefficient (Wildman–Crippen LogP) is 3.00. The van der Waals surface area contributed by atoms with Crippen LogP contribution in [-0.4, -0.2) is 52.7 Å². The summed E-state index contributed by atoms with van der Waals surface area (Å²) in [6.45, 7) is 3.43. The van der Waals surface area contributed by atoms with Gasteiger partial charge in [0.15, 0.2) is 11.5 Å². The van der Waals surface area contributed by atoms with E-state index in [0.29, 0.717) is 49.7 Å². The maximum absolute atomic E-state index is 13.1. The van der Waals surface area contributed by atoms with Crippen molar-refractivity contribution in [3.63, 3.8) is 0 Å². The van der Waals surface area contributed by atoms with Gasteiger partial charge in [-0.3, -0.25) is 14.4 Å². The van der Waals surface area contributed by atoms with Gasteiger partial charge in [0.05, 0.1) is 5.92 Å². The van der Waals surface area contributed by atoms with Gasteiger partial charge in [0.25, 0.3) is 11.8 Å². The van der Waals surface area contributed by atoms with Crippen LogP contribution >= 0.6 is 11.3 Å². The van der Waals surface area contributed by atoms with E-state index in [4.69, 9.17) is 9.47 Å². The third-order valence-corrected chi connectivity index (χ3v) is 7.14. The zero-order valence-electron chi connectivity index (χ0n) is 19.7. The number of piperidine rings is 1. The number of anilines is 1. The Bertz CT molecular complexity index is 1310. The van der Waals surface area contributed by atoms with Crippen LogP contribution in [0.4, 0.5) is 5.69 Å². The van der Waals surface area contributed by atoms with Crippen molar-refractivity contribution in [1.82, 2.24) is 20.4 Å². The zero-order chi connectivity index (χ0) is 25.1. The molecule has 3 aromatic rings. The van der Waals surface area contributed by atoms with Crippen LogP contribution in [0.15, 0.2) is 42.5 Å². The van der Waals surface area contributed by atoms with Crippen molar-refractivity contribution in [2.24, 2.45) is 5.92 Å². The Kier molecular flexibility index (Phi) is 6.81. The topological polar surface area (TPSA) is 123 Å². The van der Waals surface area contributed by atoms with Gasteiger partial charge in [-0.2, -0.15) is 0 Å². The van der Waals surface area contributed by atoms with Gasteiger partial charge >= 0.3 is 0 Å². The largest absolute Gasteiger partial charge is 0.454 e. The number of nitrogens with zero attached hydrogens (tertiary/aromatic N) is 3. The van der Waals surface area contributed by atoms with Gasteiger partial charge in [0.1, 0.15) is 0 Å². The maximum atomic E-state index is 13.1. The van der Waals surface area contributed by atoms with Crippen molar-refractivity contribution >= 4 is 34.7 Å². The highest BCUT2D eigenvalue weighted by molar-refractivity contribution is 7.15. The number of carbonyl (C=O) groups is 3. The fraction of sp³-hybridized carbons (Fsp3) is 0.320. The zero-order valence-corrected chi connectivity index (χ0v) is 20.5. The van der Waals surface area contributed by atoms with Gasteiger partial charge in [0.2, 0.25) is 22.7 Å². The summed E-state index contributed by atoms with van der Waals surface area (Å²) in [5, 5.41) is 13.7. The molecule has 1 aromatic heterocycles. The Labute approximate surface area is 211 Å². The SMILES string of the molecule is Cc1ccccc1CNC(=O)C1CCCN(C(=O)c2nnc(C(=O)Nc3ccc4c(c3)OCO4)s2)C1. The minimum Gasteiger partial charge on any atom is -0.454 e. The number of aryl methyl sites for hydroxylation is 1. The van der Waals surface area contributed by atoms with E-state index in [1.165, 1.54) is 0 Å². The number of ether oxygens (including phenoxy) is 2. The number of benzene rings is 2. The smallest absolute Gasteiger partial charge is 0.286 e. The number of rotatable bonds is 6. The Morgan fingerprint density at radius 1 is 1.08 bits per heavy atom. The van der Waals surface area contributed by atoms with Gasteiger partial charge in [-0.25, -0.2) is 0 Å². The Hall–Kier alpha value is -3.99. The monoisotopic (exact) mass is 507 g/mol. The number of hydrogen-bond donors (Lipinski definition) is 2. The number of aromatic nitrogens is 2. The summed E-state index contributed by atoms with van der Waals surface area (Å²) >= 11 is 0.924. The van der Waals surface area contributed by atoms with Crippen molar-refractivity contribution in [2.45, 2.75) is 26.3 Å². The average Bonchev–Trinajstić information content (AvgIpc) is 3.57. The highest BCUT2D eigenvalue weighted by Crippen LogP contribution is 2.34. The van der Waals surface area contributed by atoms with Gasteiger partial charge in [-0.1, -0.05) is 35.6 Å². The molecule has 2 aromatic carbocycles. The number of amides is 3. The minimum atomic E-state index is -0.475. The maximum Gasteiger partial charge on any atom is 0.286 e. The fourth-order valence-electron chi connectivity index (χ4n) is 4.21. The molecule has 36 heavy (non-hydrogen) atoms. The van der Waals surface area contributed by atoms with Crippen LogP contribution in [0, 0.1) is 12.8 Å². The number of fused-ring (bicyclic) bond motifs is 1. The summed E-state index contributed by atoms with van der Waals surface area (Å²) < 4.78 is 10.6. The van der Waals surface area contributed by atoms with Gasteiger partial charge in [-0.05, 0) is 43.0 Å². The van der Waals surface area contributed by atoms with Crippen molar-refractivity contribution in [2.75, 3.05) is 25.2 Å². The quantitative estimate of drug-likeness (QED) is 0.526. The van der Waals surface area contributed by atoms with Crippen LogP contribution in [0.25, 0.3) is 0 Å². The first-order valence-electron chi connectivity index (χ1n) is 11.6. The van der Waals surface area contributed by atoms with Crippen molar-refractivity contribution in [3.8, 4) is 11.5 Å². The fourth-order valence-corrected chi connectivity index (χ4v) is 4.91. The second-order valence-electron chi connectivity index (χ2n) is 8.67. The summed E-state index contributed by atoms with van der Waals surface area (Å²) in [6.07, 6.45) is 1.42. The predicted molar refractivity (Wildman–Crippen MR) is 132 cm³/mol. The molecule has 1 unspecified atom stereocenters. The highest BCUT2D eigenvalue weighted by Gasteiger charge is 2.31. The van der Waals surface area contributed by atoms with Crippen LogP contribution in [0.2, 0.25) is 0 Å². The normalized spacial score (nSPS) is 16.5. The second kappa shape index (κ2) is 10.3. The number of carbonyl (C=O) groups excluding carboxylic acids is 3. The van der Waals surface area contributed by atoms with Crippen molar-refractivity contribution in [1.29, 1.82) is 0 Å². The summed E-state index contributed by atoms with van der Waals surface area (Å²) in [6, 6.07) is 13.0. The standard InChI is InChI=1S/C25H25N5O5S/c1-15-5-2-3-6-16(15)12-26-21(31)17-7-4-10-30(13-17)25(33)24-29-28-23(36-24)22(32)27-18-8-9-19-20(11-18)35-14-34-19/h2-3,5-6,8-9,11,17H,4,7,10,12-14H2,1H3,(H,26,31)(H,27,32). The molecule has 2 aliphatic heterocycles. The molecular formula is C25H25N5O5S. The van der Waals surface area contributed by atoms with E-state index in [9.17, 15) is 14.4 Å². The molecule has 11 heteroatoms. The molecule has 1 fully saturated rings. The van der Waals surface area contributed by atoms with Crippen LogP contribution < -0.4 is 20.1 Å². The molecule has 3 heterocycles. The lowest BCUT2D eigenvalue weighted by molar-refractivity contribution is -0.126. The molecule has 2 N–H and O–H groups in total. The molecule has 0 aliphatic carbocycles. The minimum absolute atomic E-state index is 0.0700.